The van der Waals surface area contributed by atoms with Crippen LogP contribution < -0.4 is 25.6 Å². The van der Waals surface area contributed by atoms with E-state index in [2.05, 4.69) is 44.2 Å². The van der Waals surface area contributed by atoms with Gasteiger partial charge < -0.3 is 39.6 Å². The maximum absolute atomic E-state index is 12.3. The molecular formula is C30H33N7O5. The number of rotatable bonds is 10. The number of para-hydroxylation sites is 1. The van der Waals surface area contributed by atoms with Crippen LogP contribution in [0.4, 0.5) is 27.8 Å². The molecule has 2 amide bonds. The third kappa shape index (κ3) is 5.84. The van der Waals surface area contributed by atoms with Crippen LogP contribution in [0, 0.1) is 0 Å². The Morgan fingerprint density at radius 2 is 2.05 bits per heavy atom. The monoisotopic (exact) mass is 571 g/mol. The predicted octanol–water partition coefficient (Wildman–Crippen LogP) is 4.30. The molecule has 3 heterocycles. The maximum Gasteiger partial charge on any atom is 0.406 e. The molecule has 0 aliphatic carbocycles. The van der Waals surface area contributed by atoms with E-state index in [1.165, 1.54) is 13.1 Å². The van der Waals surface area contributed by atoms with Gasteiger partial charge in [-0.05, 0) is 24.3 Å². The Morgan fingerprint density at radius 1 is 1.21 bits per heavy atom. The van der Waals surface area contributed by atoms with Crippen molar-refractivity contribution in [2.75, 3.05) is 56.5 Å². The third-order valence-electron chi connectivity index (χ3n) is 6.97. The van der Waals surface area contributed by atoms with Crippen molar-refractivity contribution in [2.24, 2.45) is 0 Å². The average molecular weight is 572 g/mol. The summed E-state index contributed by atoms with van der Waals surface area (Å²) in [4.78, 5) is 34.9. The Morgan fingerprint density at radius 3 is 2.83 bits per heavy atom. The topological polar surface area (TPSA) is 132 Å². The zero-order valence-corrected chi connectivity index (χ0v) is 23.8. The van der Waals surface area contributed by atoms with Gasteiger partial charge in [0.25, 0.3) is 0 Å². The van der Waals surface area contributed by atoms with Crippen molar-refractivity contribution in [1.82, 2.24) is 19.9 Å². The van der Waals surface area contributed by atoms with Crippen molar-refractivity contribution in [2.45, 2.75) is 13.2 Å². The number of nitrogens with zero attached hydrogens (tertiary/aromatic N) is 4. The second kappa shape index (κ2) is 12.6. The molecule has 218 valence electrons. The lowest BCUT2D eigenvalue weighted by atomic mass is 10.1. The van der Waals surface area contributed by atoms with Crippen LogP contribution in [-0.2, 0) is 27.4 Å². The lowest BCUT2D eigenvalue weighted by Gasteiger charge is -2.24. The Kier molecular flexibility index (Phi) is 8.53. The lowest BCUT2D eigenvalue weighted by molar-refractivity contribution is -0.111. The summed E-state index contributed by atoms with van der Waals surface area (Å²) in [5, 5.41) is 9.62. The van der Waals surface area contributed by atoms with Crippen LogP contribution >= 0.6 is 0 Å². The molecule has 3 N–H and O–H groups in total. The SMILES string of the molecule is C=CC(=O)Nc1cc(Nc2nccc(-c3c4n(c5ccccc35)CCOC4)n2)c(OC)cc1N(C)CCOC(=O)NC. The van der Waals surface area contributed by atoms with E-state index >= 15 is 0 Å². The minimum Gasteiger partial charge on any atom is -0.494 e. The number of methoxy groups -OCH3 is 1. The van der Waals surface area contributed by atoms with Gasteiger partial charge in [-0.25, -0.2) is 14.8 Å². The molecule has 4 aromatic rings. The number of carbonyl (C=O) groups is 2. The third-order valence-corrected chi connectivity index (χ3v) is 6.97. The average Bonchev–Trinajstić information content (AvgIpc) is 3.35. The fraction of sp³-hybridized carbons (Fsp3) is 0.267. The fourth-order valence-corrected chi connectivity index (χ4v) is 4.95. The molecule has 0 bridgehead atoms. The summed E-state index contributed by atoms with van der Waals surface area (Å²) in [6.07, 6.45) is 2.37. The summed E-state index contributed by atoms with van der Waals surface area (Å²) in [7, 11) is 4.86. The molecule has 42 heavy (non-hydrogen) atoms. The first kappa shape index (κ1) is 28.4. The maximum atomic E-state index is 12.3. The van der Waals surface area contributed by atoms with E-state index < -0.39 is 6.09 Å². The number of hydrogen-bond donors (Lipinski definition) is 3. The highest BCUT2D eigenvalue weighted by atomic mass is 16.5. The normalized spacial score (nSPS) is 12.3. The molecule has 12 nitrogen and oxygen atoms in total. The first-order valence-corrected chi connectivity index (χ1v) is 13.4. The van der Waals surface area contributed by atoms with Crippen LogP contribution in [0.1, 0.15) is 5.69 Å². The minimum atomic E-state index is -0.524. The predicted molar refractivity (Wildman–Crippen MR) is 161 cm³/mol. The molecule has 1 aliphatic rings. The van der Waals surface area contributed by atoms with E-state index in [1.807, 2.05) is 30.1 Å². The number of carbonyl (C=O) groups excluding carboxylic acids is 2. The van der Waals surface area contributed by atoms with Crippen LogP contribution in [0.5, 0.6) is 5.75 Å². The smallest absolute Gasteiger partial charge is 0.406 e. The fourth-order valence-electron chi connectivity index (χ4n) is 4.95. The highest BCUT2D eigenvalue weighted by molar-refractivity contribution is 6.02. The molecular weight excluding hydrogens is 538 g/mol. The van der Waals surface area contributed by atoms with E-state index in [0.29, 0.717) is 48.5 Å². The number of ether oxygens (including phenoxy) is 3. The molecule has 2 aromatic carbocycles. The standard InChI is InChI=1S/C30H33N7O5/c1-5-27(38)33-21-16-22(26(40-4)17-24(21)36(3)12-15-42-30(39)31-2)35-29-32-11-10-20(34-29)28-19-8-6-7-9-23(19)37-13-14-41-18-25(28)37/h5-11,16-17H,1,12-15,18H2,2-4H3,(H,31,39)(H,33,38)(H,32,34,35). The molecule has 0 atom stereocenters. The van der Waals surface area contributed by atoms with Crippen molar-refractivity contribution < 1.29 is 23.8 Å². The van der Waals surface area contributed by atoms with Gasteiger partial charge in [-0.3, -0.25) is 4.79 Å². The first-order chi connectivity index (χ1) is 20.4. The zero-order chi connectivity index (χ0) is 29.6. The molecule has 0 fully saturated rings. The van der Waals surface area contributed by atoms with Gasteiger partial charge in [-0.15, -0.1) is 0 Å². The number of alkyl carbamates (subject to hydrolysis) is 1. The van der Waals surface area contributed by atoms with E-state index in [1.54, 1.807) is 25.4 Å². The summed E-state index contributed by atoms with van der Waals surface area (Å²) in [5.41, 5.74) is 5.67. The Labute approximate surface area is 243 Å². The minimum absolute atomic E-state index is 0.136. The first-order valence-electron chi connectivity index (χ1n) is 13.4. The number of likely N-dealkylation sites (N-methyl/N-ethyl adjacent to an activating group) is 1. The van der Waals surface area contributed by atoms with Crippen LogP contribution in [0.3, 0.4) is 0 Å². The lowest BCUT2D eigenvalue weighted by Crippen LogP contribution is -2.28. The number of anilines is 4. The number of nitrogens with one attached hydrogen (secondary N) is 3. The summed E-state index contributed by atoms with van der Waals surface area (Å²) in [5.74, 6) is 0.468. The van der Waals surface area contributed by atoms with Gasteiger partial charge in [-0.1, -0.05) is 24.8 Å². The van der Waals surface area contributed by atoms with Crippen LogP contribution in [0.15, 0.2) is 61.3 Å². The summed E-state index contributed by atoms with van der Waals surface area (Å²) >= 11 is 0. The molecule has 2 aromatic heterocycles. The molecule has 0 saturated heterocycles. The molecule has 1 aliphatic heterocycles. The van der Waals surface area contributed by atoms with Crippen LogP contribution in [0.25, 0.3) is 22.2 Å². The number of benzene rings is 2. The largest absolute Gasteiger partial charge is 0.494 e. The van der Waals surface area contributed by atoms with Crippen molar-refractivity contribution >= 4 is 45.9 Å². The molecule has 5 rings (SSSR count). The Hall–Kier alpha value is -5.10. The van der Waals surface area contributed by atoms with Gasteiger partial charge in [0.1, 0.15) is 12.4 Å². The zero-order valence-electron chi connectivity index (χ0n) is 23.8. The summed E-state index contributed by atoms with van der Waals surface area (Å²) in [6.45, 7) is 6.01. The number of hydrogen-bond acceptors (Lipinski definition) is 9. The van der Waals surface area contributed by atoms with Gasteiger partial charge in [0.15, 0.2) is 0 Å². The van der Waals surface area contributed by atoms with Gasteiger partial charge in [0, 0.05) is 49.4 Å². The number of fused-ring (bicyclic) bond motifs is 3. The molecule has 0 unspecified atom stereocenters. The summed E-state index contributed by atoms with van der Waals surface area (Å²) < 4.78 is 18.9. The van der Waals surface area contributed by atoms with E-state index in [4.69, 9.17) is 19.2 Å². The number of aromatic nitrogens is 3. The molecule has 0 spiro atoms. The van der Waals surface area contributed by atoms with Gasteiger partial charge in [-0.2, -0.15) is 0 Å². The van der Waals surface area contributed by atoms with Gasteiger partial charge in [0.05, 0.1) is 55.3 Å². The molecule has 12 heteroatoms. The Balaban J connectivity index is 1.49. The molecule has 0 radical (unpaired) electrons. The molecule has 0 saturated carbocycles. The van der Waals surface area contributed by atoms with Crippen molar-refractivity contribution in [3.05, 3.63) is 67.0 Å². The Bertz CT molecular complexity index is 1630. The quantitative estimate of drug-likeness (QED) is 0.238. The second-order valence-electron chi connectivity index (χ2n) is 9.50. The highest BCUT2D eigenvalue weighted by Gasteiger charge is 2.23. The van der Waals surface area contributed by atoms with E-state index in [9.17, 15) is 9.59 Å². The highest BCUT2D eigenvalue weighted by Crippen LogP contribution is 2.39. The van der Waals surface area contributed by atoms with Crippen molar-refractivity contribution in [3.63, 3.8) is 0 Å². The van der Waals surface area contributed by atoms with E-state index in [0.717, 1.165) is 34.4 Å². The van der Waals surface area contributed by atoms with Crippen molar-refractivity contribution in [1.29, 1.82) is 0 Å². The van der Waals surface area contributed by atoms with Gasteiger partial charge in [0.2, 0.25) is 11.9 Å². The van der Waals surface area contributed by atoms with Crippen molar-refractivity contribution in [3.8, 4) is 17.0 Å². The van der Waals surface area contributed by atoms with Gasteiger partial charge >= 0.3 is 6.09 Å². The van der Waals surface area contributed by atoms with Crippen LogP contribution in [0.2, 0.25) is 0 Å². The number of amides is 2. The summed E-state index contributed by atoms with van der Waals surface area (Å²) in [6, 6.07) is 13.7. The second-order valence-corrected chi connectivity index (χ2v) is 9.50. The van der Waals surface area contributed by atoms with Crippen LogP contribution in [-0.4, -0.2) is 67.5 Å². The van der Waals surface area contributed by atoms with E-state index in [-0.39, 0.29) is 12.5 Å².